The highest BCUT2D eigenvalue weighted by atomic mass is 15.0. The van der Waals surface area contributed by atoms with Crippen molar-refractivity contribution in [2.75, 3.05) is 0 Å². The third kappa shape index (κ3) is 10.9. The Hall–Kier alpha value is -18.0. The van der Waals surface area contributed by atoms with Gasteiger partial charge in [0.1, 0.15) is 0 Å². The Labute approximate surface area is 821 Å². The highest BCUT2D eigenvalue weighted by Crippen LogP contribution is 2.53. The van der Waals surface area contributed by atoms with Gasteiger partial charge in [-0.05, 0) is 220 Å². The Morgan fingerprint density at radius 1 is 0.106 bits per heavy atom. The summed E-state index contributed by atoms with van der Waals surface area (Å²) in [6.07, 6.45) is 0. The lowest BCUT2D eigenvalue weighted by Gasteiger charge is -2.32. The smallest absolute Gasteiger partial charge is 0.329 e. The summed E-state index contributed by atoms with van der Waals surface area (Å²) in [4.78, 5) is 0. The Bertz CT molecular complexity index is 10200. The molecule has 8 aliphatic rings. The number of rotatable bonds is 5. The van der Waals surface area contributed by atoms with Crippen molar-refractivity contribution in [3.8, 4) is 145 Å². The lowest BCUT2D eigenvalue weighted by atomic mass is 9.45. The Morgan fingerprint density at radius 3 is 0.683 bits per heavy atom. The minimum absolute atomic E-state index is 0.195. The minimum atomic E-state index is 0.195. The number of fused-ring (bicyclic) bond motifs is 30. The van der Waals surface area contributed by atoms with Crippen LogP contribution in [0.3, 0.4) is 0 Å². The van der Waals surface area contributed by atoms with Gasteiger partial charge in [-0.1, -0.05) is 431 Å². The summed E-state index contributed by atoms with van der Waals surface area (Å²) in [7, 11) is 0. The number of hydrogen-bond donors (Lipinski definition) is 0. The van der Waals surface area contributed by atoms with Gasteiger partial charge < -0.3 is 17.9 Å². The van der Waals surface area contributed by atoms with E-state index in [1.54, 1.807) is 0 Å². The molecule has 0 atom stereocenters. The maximum atomic E-state index is 2.63. The maximum absolute atomic E-state index is 2.63. The van der Waals surface area contributed by atoms with E-state index in [-0.39, 0.29) is 27.4 Å². The van der Waals surface area contributed by atoms with Crippen LogP contribution in [0, 0.1) is 0 Å². The summed E-state index contributed by atoms with van der Waals surface area (Å²) in [6, 6.07) is 180. The van der Waals surface area contributed by atoms with E-state index in [0.717, 1.165) is 0 Å². The van der Waals surface area contributed by atoms with Crippen LogP contribution in [0.4, 0.5) is 0 Å². The van der Waals surface area contributed by atoms with Crippen molar-refractivity contribution in [3.63, 3.8) is 0 Å². The van der Waals surface area contributed by atoms with Crippen molar-refractivity contribution in [1.29, 1.82) is 0 Å². The van der Waals surface area contributed by atoms with Crippen molar-refractivity contribution in [2.24, 2.45) is 0 Å². The van der Waals surface area contributed by atoms with Crippen LogP contribution in [0.2, 0.25) is 0 Å². The zero-order chi connectivity index (χ0) is 92.4. The molecule has 12 heterocycles. The fourth-order valence-corrected chi connectivity index (χ4v) is 26.9. The lowest BCUT2D eigenvalue weighted by Crippen LogP contribution is -2.53. The summed E-state index contributed by atoms with van der Waals surface area (Å²) in [5.74, 6) is 0. The normalized spacial score (nSPS) is 12.9. The minimum Gasteiger partial charge on any atom is -0.375 e. The van der Waals surface area contributed by atoms with Crippen LogP contribution in [0.5, 0.6) is 0 Å². The molecule has 0 unspecified atom stereocenters. The molecular weight excluding hydrogens is 1710 g/mol. The number of nitrogens with zero attached hydrogens (tertiary/aromatic N) is 4. The first-order valence-electron chi connectivity index (χ1n) is 49.9. The summed E-state index contributed by atoms with van der Waals surface area (Å²) < 4.78 is 10.5. The summed E-state index contributed by atoms with van der Waals surface area (Å²) in [5.41, 5.74) is 56.3. The molecule has 0 N–H and O–H groups in total. The molecule has 0 aliphatic carbocycles. The topological polar surface area (TPSA) is 19.7 Å². The van der Waals surface area contributed by atoms with E-state index in [1.807, 2.05) is 0 Å². The molecular formula is C134H80B4N4. The van der Waals surface area contributed by atoms with Gasteiger partial charge in [0.2, 0.25) is 0 Å². The third-order valence-corrected chi connectivity index (χ3v) is 32.7. The van der Waals surface area contributed by atoms with Gasteiger partial charge in [-0.3, -0.25) is 0 Å². The number of benzene rings is 23. The first-order valence-corrected chi connectivity index (χ1v) is 49.9. The van der Waals surface area contributed by atoms with Gasteiger partial charge in [0, 0.05) is 132 Å². The second kappa shape index (κ2) is 29.8. The van der Waals surface area contributed by atoms with E-state index in [0.29, 0.717) is 0 Å². The SMILES string of the molecule is c1ccc(-c2cc3c4c(c2)c2cccc5c2n4B(c2ccccc2-5)c2ccccc2-3)cc1.c1ccc(-c2ccc(-c3cc4c5c(c3)c3cccc6c3n5B(c3ccccc3-6)c3ccccc3-4)cc2)cc1.c1ccc2c(c1)B1c3ccccc3-c3cc(-c4ccc5ccccc5c4)cc4c5cccc-2c5n1c34.c1ccc2c(c1)B1c3ccccc3-c3cc(-c4cccc5ccccc45)cc4c5cccc-2c5n1c34. The zero-order valence-electron chi connectivity index (χ0n) is 77.3. The Kier molecular flexibility index (Phi) is 16.4. The van der Waals surface area contributed by atoms with Crippen LogP contribution < -0.4 is 43.7 Å². The molecule has 27 aromatic rings. The molecule has 0 amide bonds. The molecule has 4 nitrogen and oxygen atoms in total. The summed E-state index contributed by atoms with van der Waals surface area (Å²) in [5, 5.41) is 15.9. The highest BCUT2D eigenvalue weighted by Gasteiger charge is 2.45. The van der Waals surface area contributed by atoms with Crippen LogP contribution in [0.1, 0.15) is 0 Å². The third-order valence-electron chi connectivity index (χ3n) is 32.7. The maximum Gasteiger partial charge on any atom is 0.329 e. The van der Waals surface area contributed by atoms with E-state index in [9.17, 15) is 0 Å². The quantitative estimate of drug-likeness (QED) is 0.153. The molecule has 0 bridgehead atoms. The average molecular weight is 1790 g/mol. The van der Waals surface area contributed by atoms with Crippen LogP contribution in [-0.4, -0.2) is 45.3 Å². The standard InChI is InChI=1S/C36H22BN.2C34H20BN.C30H18BN/c1-2-9-23(10-3-1)24-17-19-25(20-18-24)26-21-31-28-12-5-7-16-34(28)37-33-15-6-4-11-27(33)29-13-8-14-30-32(22-26)36(31)38(37)35(29)30;1-2-11-23-21(9-1)10-7-14-24(23)22-19-29-26-13-4-6-18-32(26)35-31-17-5-3-12-25(31)27-15-8-16-28-30(20-22)34(29)36(35)33(27)28;1-2-9-22-18-23(17-16-21(22)8-1)24-19-29-26-11-4-6-15-32(26)35-31-14-5-3-10-25(31)27-12-7-13-28-30(20-24)34(29)36(35)33(27)28;1-2-9-19(10-3-1)20-17-25-22-12-5-7-16-28(22)31-27-15-6-4-11-21(27)23-13-8-14-24-26(18-20)30(25)32(31)29(23)24/h1-22H;2*1-20H;1-18H. The van der Waals surface area contributed by atoms with Crippen molar-refractivity contribution < 1.29 is 0 Å². The number of para-hydroxylation sites is 4. The van der Waals surface area contributed by atoms with Gasteiger partial charge in [0.05, 0.1) is 0 Å². The molecule has 23 aromatic carbocycles. The first kappa shape index (κ1) is 78.1. The fraction of sp³-hybridized carbons (Fsp3) is 0. The molecule has 0 radical (unpaired) electrons. The number of hydrogen-bond acceptors (Lipinski definition) is 0. The highest BCUT2D eigenvalue weighted by molar-refractivity contribution is 6.91. The number of aromatic nitrogens is 4. The summed E-state index contributed by atoms with van der Waals surface area (Å²) in [6.45, 7) is 0.808. The average Bonchev–Trinajstić information content (AvgIpc) is 1.53. The fourth-order valence-electron chi connectivity index (χ4n) is 26.9. The predicted molar refractivity (Wildman–Crippen MR) is 605 cm³/mol. The van der Waals surface area contributed by atoms with Crippen LogP contribution in [0.15, 0.2) is 485 Å². The van der Waals surface area contributed by atoms with Gasteiger partial charge in [-0.15, -0.1) is 0 Å². The monoisotopic (exact) mass is 1790 g/mol. The van der Waals surface area contributed by atoms with Crippen LogP contribution in [-0.2, 0) is 0 Å². The van der Waals surface area contributed by atoms with Crippen molar-refractivity contribution in [1.82, 2.24) is 17.9 Å². The van der Waals surface area contributed by atoms with Crippen molar-refractivity contribution in [2.45, 2.75) is 0 Å². The molecule has 0 saturated heterocycles. The molecule has 8 heteroatoms. The predicted octanol–water partition coefficient (Wildman–Crippen LogP) is 28.3. The molecule has 35 rings (SSSR count). The second-order valence-corrected chi connectivity index (χ2v) is 39.7. The zero-order valence-corrected chi connectivity index (χ0v) is 77.3. The van der Waals surface area contributed by atoms with Crippen LogP contribution in [0.25, 0.3) is 253 Å². The van der Waals surface area contributed by atoms with Crippen molar-refractivity contribution in [3.05, 3.63) is 485 Å². The molecule has 142 heavy (non-hydrogen) atoms. The molecule has 648 valence electrons. The molecule has 0 fully saturated rings. The van der Waals surface area contributed by atoms with Crippen LogP contribution >= 0.6 is 0 Å². The largest absolute Gasteiger partial charge is 0.375 e. The van der Waals surface area contributed by atoms with Crippen molar-refractivity contribution >= 4 is 180 Å². The summed E-state index contributed by atoms with van der Waals surface area (Å²) >= 11 is 0. The van der Waals surface area contributed by atoms with Gasteiger partial charge in [-0.2, -0.15) is 0 Å². The molecule has 0 spiro atoms. The Morgan fingerprint density at radius 2 is 0.324 bits per heavy atom. The van der Waals surface area contributed by atoms with E-state index in [4.69, 9.17) is 0 Å². The van der Waals surface area contributed by atoms with Gasteiger partial charge in [0.25, 0.3) is 0 Å². The Balaban J connectivity index is 0.0000000853. The van der Waals surface area contributed by atoms with E-state index in [1.165, 1.54) is 297 Å². The molecule has 8 aliphatic heterocycles. The molecule has 4 aromatic heterocycles. The molecule has 0 saturated carbocycles. The van der Waals surface area contributed by atoms with E-state index < -0.39 is 0 Å². The van der Waals surface area contributed by atoms with Gasteiger partial charge in [-0.25, -0.2) is 0 Å². The lowest BCUT2D eigenvalue weighted by molar-refractivity contribution is 1.31. The van der Waals surface area contributed by atoms with Gasteiger partial charge in [0.15, 0.2) is 0 Å². The van der Waals surface area contributed by atoms with E-state index >= 15 is 0 Å². The second-order valence-electron chi connectivity index (χ2n) is 39.7. The van der Waals surface area contributed by atoms with Gasteiger partial charge >= 0.3 is 27.4 Å². The first-order chi connectivity index (χ1) is 70.5. The van der Waals surface area contributed by atoms with E-state index in [2.05, 4.69) is 503 Å².